The molecular weight excluding hydrogens is 401 g/mol. The van der Waals surface area contributed by atoms with Crippen LogP contribution < -0.4 is 5.73 Å². The molecule has 9 heteroatoms. The number of nitrogens with two attached hydrogens (primary N) is 1. The highest BCUT2D eigenvalue weighted by Crippen LogP contribution is 2.31. The van der Waals surface area contributed by atoms with E-state index in [9.17, 15) is 4.79 Å². The Hall–Kier alpha value is -1.70. The molecule has 2 N–H and O–H groups in total. The van der Waals surface area contributed by atoms with E-state index in [2.05, 4.69) is 15.1 Å². The smallest absolute Gasteiger partial charge is 0.230 e. The molecular formula is C19H27Cl2N5O2. The minimum absolute atomic E-state index is 0. The van der Waals surface area contributed by atoms with Crippen molar-refractivity contribution in [3.8, 4) is 11.5 Å². The Bertz CT molecular complexity index is 750. The summed E-state index contributed by atoms with van der Waals surface area (Å²) in [7, 11) is 0. The van der Waals surface area contributed by atoms with Crippen molar-refractivity contribution in [3.05, 3.63) is 30.3 Å². The topological polar surface area (TPSA) is 98.1 Å². The Morgan fingerprint density at radius 2 is 1.93 bits per heavy atom. The van der Waals surface area contributed by atoms with Crippen LogP contribution in [0.1, 0.15) is 50.3 Å². The molecule has 1 amide bonds. The Balaban J connectivity index is 0.00000140. The van der Waals surface area contributed by atoms with Crippen LogP contribution in [0.25, 0.3) is 11.5 Å². The third-order valence-corrected chi connectivity index (χ3v) is 5.56. The highest BCUT2D eigenvalue weighted by molar-refractivity contribution is 5.85. The molecule has 0 radical (unpaired) electrons. The van der Waals surface area contributed by atoms with Gasteiger partial charge in [-0.2, -0.15) is 4.98 Å². The zero-order valence-corrected chi connectivity index (χ0v) is 17.3. The molecule has 1 aliphatic carbocycles. The predicted molar refractivity (Wildman–Crippen MR) is 111 cm³/mol. The Morgan fingerprint density at radius 1 is 1.14 bits per heavy atom. The lowest BCUT2D eigenvalue weighted by Crippen LogP contribution is -2.44. The van der Waals surface area contributed by atoms with E-state index in [4.69, 9.17) is 10.3 Å². The average molecular weight is 428 g/mol. The van der Waals surface area contributed by atoms with Crippen molar-refractivity contribution in [2.24, 2.45) is 11.7 Å². The molecule has 2 aliphatic rings. The number of carbonyl (C=O) groups is 1. The second-order valence-electron chi connectivity index (χ2n) is 7.39. The van der Waals surface area contributed by atoms with Crippen LogP contribution in [0.2, 0.25) is 0 Å². The molecule has 2 fully saturated rings. The van der Waals surface area contributed by atoms with Gasteiger partial charge in [-0.25, -0.2) is 0 Å². The van der Waals surface area contributed by atoms with Gasteiger partial charge in [0.2, 0.25) is 17.6 Å². The van der Waals surface area contributed by atoms with E-state index in [0.29, 0.717) is 17.4 Å². The summed E-state index contributed by atoms with van der Waals surface area (Å²) < 4.78 is 5.46. The lowest BCUT2D eigenvalue weighted by atomic mass is 9.84. The number of nitrogens with zero attached hydrogens (tertiary/aromatic N) is 4. The normalized spacial score (nSPS) is 22.8. The lowest BCUT2D eigenvalue weighted by molar-refractivity contribution is -0.137. The molecule has 0 aromatic carbocycles. The van der Waals surface area contributed by atoms with Gasteiger partial charge in [0.25, 0.3) is 0 Å². The van der Waals surface area contributed by atoms with Crippen molar-refractivity contribution < 1.29 is 9.32 Å². The first-order chi connectivity index (χ1) is 12.7. The quantitative estimate of drug-likeness (QED) is 0.806. The fraction of sp³-hybridized carbons (Fsp3) is 0.579. The summed E-state index contributed by atoms with van der Waals surface area (Å²) >= 11 is 0. The molecule has 2 aromatic heterocycles. The summed E-state index contributed by atoms with van der Waals surface area (Å²) in [5, 5.41) is 4.05. The molecule has 2 atom stereocenters. The number of carbonyl (C=O) groups excluding carboxylic acids is 1. The summed E-state index contributed by atoms with van der Waals surface area (Å²) in [6.07, 6.45) is 7.34. The van der Waals surface area contributed by atoms with Crippen LogP contribution in [0.4, 0.5) is 0 Å². The van der Waals surface area contributed by atoms with Crippen molar-refractivity contribution in [3.63, 3.8) is 0 Å². The summed E-state index contributed by atoms with van der Waals surface area (Å²) in [6, 6.07) is 5.81. The molecule has 2 unspecified atom stereocenters. The maximum atomic E-state index is 12.7. The molecule has 154 valence electrons. The molecule has 0 bridgehead atoms. The molecule has 1 saturated carbocycles. The minimum Gasteiger partial charge on any atom is -0.342 e. The zero-order valence-electron chi connectivity index (χ0n) is 15.7. The standard InChI is InChI=1S/C19H25N5O2.2ClH/c20-15-5-3-4-14(12-15)19(25)24-10-7-13(8-11-24)18-22-17(23-26-18)16-6-1-2-9-21-16;;/h1-2,6,9,13-15H,3-5,7-8,10-12,20H2;2*1H. The van der Waals surface area contributed by atoms with Gasteiger partial charge in [-0.05, 0) is 44.2 Å². The van der Waals surface area contributed by atoms with Crippen molar-refractivity contribution in [1.29, 1.82) is 0 Å². The van der Waals surface area contributed by atoms with Crippen LogP contribution in [0.3, 0.4) is 0 Å². The first-order valence-corrected chi connectivity index (χ1v) is 9.50. The number of aromatic nitrogens is 3. The van der Waals surface area contributed by atoms with Crippen LogP contribution >= 0.6 is 24.8 Å². The number of likely N-dealkylation sites (tertiary alicyclic amines) is 1. The van der Waals surface area contributed by atoms with Crippen LogP contribution in [0, 0.1) is 5.92 Å². The molecule has 7 nitrogen and oxygen atoms in total. The van der Waals surface area contributed by atoms with Crippen molar-refractivity contribution >= 4 is 30.7 Å². The lowest BCUT2D eigenvalue weighted by Gasteiger charge is -2.35. The first kappa shape index (κ1) is 22.6. The van der Waals surface area contributed by atoms with E-state index in [0.717, 1.165) is 51.6 Å². The monoisotopic (exact) mass is 427 g/mol. The van der Waals surface area contributed by atoms with Gasteiger partial charge in [0, 0.05) is 37.2 Å². The van der Waals surface area contributed by atoms with Gasteiger partial charge in [0.15, 0.2) is 0 Å². The number of pyridine rings is 1. The fourth-order valence-corrected chi connectivity index (χ4v) is 4.06. The van der Waals surface area contributed by atoms with E-state index in [1.807, 2.05) is 23.1 Å². The van der Waals surface area contributed by atoms with E-state index in [1.54, 1.807) is 6.20 Å². The molecule has 3 heterocycles. The molecule has 0 spiro atoms. The second-order valence-corrected chi connectivity index (χ2v) is 7.39. The van der Waals surface area contributed by atoms with Crippen molar-refractivity contribution in [1.82, 2.24) is 20.0 Å². The van der Waals surface area contributed by atoms with Crippen molar-refractivity contribution in [2.75, 3.05) is 13.1 Å². The zero-order chi connectivity index (χ0) is 17.9. The summed E-state index contributed by atoms with van der Waals surface area (Å²) in [6.45, 7) is 1.49. The molecule has 2 aromatic rings. The second kappa shape index (κ2) is 10.2. The molecule has 1 saturated heterocycles. The van der Waals surface area contributed by atoms with Crippen LogP contribution in [0.15, 0.2) is 28.9 Å². The predicted octanol–water partition coefficient (Wildman–Crippen LogP) is 3.20. The Morgan fingerprint density at radius 3 is 2.61 bits per heavy atom. The number of piperidine rings is 1. The molecule has 28 heavy (non-hydrogen) atoms. The van der Waals surface area contributed by atoms with Gasteiger partial charge in [-0.3, -0.25) is 9.78 Å². The van der Waals surface area contributed by atoms with Gasteiger partial charge < -0.3 is 15.2 Å². The maximum Gasteiger partial charge on any atom is 0.230 e. The largest absolute Gasteiger partial charge is 0.342 e. The van der Waals surface area contributed by atoms with Gasteiger partial charge in [0.05, 0.1) is 0 Å². The summed E-state index contributed by atoms with van der Waals surface area (Å²) in [4.78, 5) is 23.5. The minimum atomic E-state index is 0. The van der Waals surface area contributed by atoms with E-state index in [-0.39, 0.29) is 48.6 Å². The third kappa shape index (κ3) is 5.01. The highest BCUT2D eigenvalue weighted by atomic mass is 35.5. The summed E-state index contributed by atoms with van der Waals surface area (Å²) in [5.74, 6) is 1.76. The van der Waals surface area contributed by atoms with E-state index < -0.39 is 0 Å². The molecule has 1 aliphatic heterocycles. The number of rotatable bonds is 3. The summed E-state index contributed by atoms with van der Waals surface area (Å²) in [5.41, 5.74) is 6.75. The van der Waals surface area contributed by atoms with Crippen molar-refractivity contribution in [2.45, 2.75) is 50.5 Å². The number of amides is 1. The van der Waals surface area contributed by atoms with Gasteiger partial charge in [0.1, 0.15) is 5.69 Å². The van der Waals surface area contributed by atoms with Crippen LogP contribution in [-0.4, -0.2) is 45.1 Å². The highest BCUT2D eigenvalue weighted by Gasteiger charge is 2.32. The maximum absolute atomic E-state index is 12.7. The third-order valence-electron chi connectivity index (χ3n) is 5.56. The van der Waals surface area contributed by atoms with E-state index in [1.165, 1.54) is 0 Å². The number of halogens is 2. The van der Waals surface area contributed by atoms with Gasteiger partial charge in [-0.1, -0.05) is 17.6 Å². The number of hydrogen-bond acceptors (Lipinski definition) is 6. The fourth-order valence-electron chi connectivity index (χ4n) is 4.06. The Kier molecular flexibility index (Phi) is 8.22. The molecule has 4 rings (SSSR count). The van der Waals surface area contributed by atoms with Gasteiger partial charge in [-0.15, -0.1) is 24.8 Å². The first-order valence-electron chi connectivity index (χ1n) is 9.50. The SMILES string of the molecule is Cl.Cl.NC1CCCC(C(=O)N2CCC(c3nc(-c4ccccn4)no3)CC2)C1. The van der Waals surface area contributed by atoms with Crippen LogP contribution in [0.5, 0.6) is 0 Å². The Labute approximate surface area is 177 Å². The van der Waals surface area contributed by atoms with Crippen LogP contribution in [-0.2, 0) is 4.79 Å². The van der Waals surface area contributed by atoms with Gasteiger partial charge >= 0.3 is 0 Å². The average Bonchev–Trinajstić information content (AvgIpc) is 3.18. The number of hydrogen-bond donors (Lipinski definition) is 1. The van der Waals surface area contributed by atoms with E-state index >= 15 is 0 Å².